The Morgan fingerprint density at radius 2 is 1.70 bits per heavy atom. The molecular formula is C15H15N3O2. The Morgan fingerprint density at radius 1 is 1.10 bits per heavy atom. The summed E-state index contributed by atoms with van der Waals surface area (Å²) >= 11 is 0. The molecule has 20 heavy (non-hydrogen) atoms. The molecule has 5 nitrogen and oxygen atoms in total. The minimum Gasteiger partial charge on any atom is -0.268 e. The summed E-state index contributed by atoms with van der Waals surface area (Å²) in [5.41, 5.74) is 2.72. The lowest BCUT2D eigenvalue weighted by atomic mass is 10.1. The SMILES string of the molecule is C/C(=N\N(C)c1ccccc1)c1ccc([N+](=O)[O-])cc1. The zero-order chi connectivity index (χ0) is 14.5. The van der Waals surface area contributed by atoms with Crippen LogP contribution in [0.5, 0.6) is 0 Å². The van der Waals surface area contributed by atoms with Gasteiger partial charge in [-0.1, -0.05) is 18.2 Å². The number of rotatable bonds is 4. The van der Waals surface area contributed by atoms with Gasteiger partial charge < -0.3 is 0 Å². The van der Waals surface area contributed by atoms with Crippen LogP contribution in [0.25, 0.3) is 0 Å². The molecular weight excluding hydrogens is 254 g/mol. The van der Waals surface area contributed by atoms with Gasteiger partial charge in [0.25, 0.3) is 5.69 Å². The van der Waals surface area contributed by atoms with E-state index >= 15 is 0 Å². The third-order valence-corrected chi connectivity index (χ3v) is 2.93. The fraction of sp³-hybridized carbons (Fsp3) is 0.133. The van der Waals surface area contributed by atoms with E-state index in [1.54, 1.807) is 17.1 Å². The molecule has 0 heterocycles. The maximum absolute atomic E-state index is 10.6. The summed E-state index contributed by atoms with van der Waals surface area (Å²) in [5.74, 6) is 0. The molecule has 0 amide bonds. The molecule has 2 aromatic rings. The number of para-hydroxylation sites is 1. The monoisotopic (exact) mass is 269 g/mol. The molecule has 0 bridgehead atoms. The van der Waals surface area contributed by atoms with Crippen molar-refractivity contribution in [1.29, 1.82) is 0 Å². The number of hydrazone groups is 1. The molecule has 2 rings (SSSR count). The zero-order valence-corrected chi connectivity index (χ0v) is 11.4. The molecule has 0 spiro atoms. The number of anilines is 1. The van der Waals surface area contributed by atoms with E-state index in [1.165, 1.54) is 12.1 Å². The van der Waals surface area contributed by atoms with Crippen molar-refractivity contribution in [3.63, 3.8) is 0 Å². The van der Waals surface area contributed by atoms with Crippen molar-refractivity contribution in [3.8, 4) is 0 Å². The number of hydrogen-bond acceptors (Lipinski definition) is 4. The molecule has 0 aliphatic rings. The van der Waals surface area contributed by atoms with Gasteiger partial charge in [0.05, 0.1) is 16.3 Å². The van der Waals surface area contributed by atoms with Crippen LogP contribution in [-0.4, -0.2) is 17.7 Å². The molecule has 0 atom stereocenters. The normalized spacial score (nSPS) is 11.2. The maximum atomic E-state index is 10.6. The lowest BCUT2D eigenvalue weighted by molar-refractivity contribution is -0.384. The van der Waals surface area contributed by atoms with Crippen LogP contribution in [0.2, 0.25) is 0 Å². The van der Waals surface area contributed by atoms with Gasteiger partial charge in [-0.25, -0.2) is 0 Å². The van der Waals surface area contributed by atoms with Crippen molar-refractivity contribution in [2.75, 3.05) is 12.1 Å². The predicted octanol–water partition coefficient (Wildman–Crippen LogP) is 3.46. The number of nitro groups is 1. The van der Waals surface area contributed by atoms with E-state index in [9.17, 15) is 10.1 Å². The lowest BCUT2D eigenvalue weighted by Gasteiger charge is -2.14. The Morgan fingerprint density at radius 3 is 2.25 bits per heavy atom. The summed E-state index contributed by atoms with van der Waals surface area (Å²) in [6.45, 7) is 1.88. The van der Waals surface area contributed by atoms with Gasteiger partial charge in [0, 0.05) is 19.2 Å². The highest BCUT2D eigenvalue weighted by molar-refractivity contribution is 5.99. The van der Waals surface area contributed by atoms with E-state index in [-0.39, 0.29) is 5.69 Å². The van der Waals surface area contributed by atoms with Crippen molar-refractivity contribution >= 4 is 17.1 Å². The van der Waals surface area contributed by atoms with Gasteiger partial charge in [-0.2, -0.15) is 5.10 Å². The first-order valence-corrected chi connectivity index (χ1v) is 6.17. The van der Waals surface area contributed by atoms with E-state index in [0.717, 1.165) is 17.0 Å². The van der Waals surface area contributed by atoms with E-state index in [0.29, 0.717) is 0 Å². The molecule has 0 aliphatic heterocycles. The third kappa shape index (κ3) is 3.20. The van der Waals surface area contributed by atoms with Crippen molar-refractivity contribution < 1.29 is 4.92 Å². The second-order valence-electron chi connectivity index (χ2n) is 4.35. The molecule has 0 radical (unpaired) electrons. The van der Waals surface area contributed by atoms with Gasteiger partial charge in [-0.3, -0.25) is 15.1 Å². The van der Waals surface area contributed by atoms with Gasteiger partial charge in [-0.05, 0) is 36.8 Å². The number of hydrogen-bond donors (Lipinski definition) is 0. The summed E-state index contributed by atoms with van der Waals surface area (Å²) < 4.78 is 0. The van der Waals surface area contributed by atoms with Gasteiger partial charge in [0.1, 0.15) is 0 Å². The molecule has 2 aromatic carbocycles. The quantitative estimate of drug-likeness (QED) is 0.485. The molecule has 0 unspecified atom stereocenters. The number of benzene rings is 2. The Bertz CT molecular complexity index is 621. The van der Waals surface area contributed by atoms with E-state index in [2.05, 4.69) is 5.10 Å². The highest BCUT2D eigenvalue weighted by Gasteiger charge is 2.06. The van der Waals surface area contributed by atoms with Crippen LogP contribution in [-0.2, 0) is 0 Å². The molecule has 0 saturated heterocycles. The highest BCUT2D eigenvalue weighted by atomic mass is 16.6. The largest absolute Gasteiger partial charge is 0.269 e. The average Bonchev–Trinajstić information content (AvgIpc) is 2.48. The minimum absolute atomic E-state index is 0.0814. The first kappa shape index (κ1) is 13.7. The van der Waals surface area contributed by atoms with E-state index in [1.807, 2.05) is 44.3 Å². The first-order chi connectivity index (χ1) is 9.58. The maximum Gasteiger partial charge on any atom is 0.269 e. The first-order valence-electron chi connectivity index (χ1n) is 6.17. The van der Waals surface area contributed by atoms with Crippen LogP contribution in [0.15, 0.2) is 59.7 Å². The topological polar surface area (TPSA) is 58.7 Å². The van der Waals surface area contributed by atoms with E-state index in [4.69, 9.17) is 0 Å². The van der Waals surface area contributed by atoms with Gasteiger partial charge >= 0.3 is 0 Å². The number of nitro benzene ring substituents is 1. The second-order valence-corrected chi connectivity index (χ2v) is 4.35. The predicted molar refractivity (Wildman–Crippen MR) is 80.2 cm³/mol. The number of nitrogens with zero attached hydrogens (tertiary/aromatic N) is 3. The lowest BCUT2D eigenvalue weighted by Crippen LogP contribution is -2.12. The summed E-state index contributed by atoms with van der Waals surface area (Å²) in [4.78, 5) is 10.2. The van der Waals surface area contributed by atoms with Crippen LogP contribution in [0.1, 0.15) is 12.5 Å². The van der Waals surface area contributed by atoms with Crippen LogP contribution in [0.4, 0.5) is 11.4 Å². The van der Waals surface area contributed by atoms with Crippen molar-refractivity contribution in [2.45, 2.75) is 6.92 Å². The fourth-order valence-corrected chi connectivity index (χ4v) is 1.81. The molecule has 0 fully saturated rings. The Labute approximate surface area is 117 Å². The molecule has 0 saturated carbocycles. The highest BCUT2D eigenvalue weighted by Crippen LogP contribution is 2.15. The molecule has 0 N–H and O–H groups in total. The van der Waals surface area contributed by atoms with Crippen LogP contribution in [0.3, 0.4) is 0 Å². The standard InChI is InChI=1S/C15H15N3O2/c1-12(13-8-10-15(11-9-13)18(19)20)16-17(2)14-6-4-3-5-7-14/h3-11H,1-2H3/b16-12+. The summed E-state index contributed by atoms with van der Waals surface area (Å²) in [5, 5.41) is 16.9. The van der Waals surface area contributed by atoms with E-state index < -0.39 is 4.92 Å². The van der Waals surface area contributed by atoms with Crippen molar-refractivity contribution in [1.82, 2.24) is 0 Å². The Balaban J connectivity index is 2.20. The summed E-state index contributed by atoms with van der Waals surface area (Å²) in [7, 11) is 1.87. The summed E-state index contributed by atoms with van der Waals surface area (Å²) in [6, 6.07) is 16.1. The molecule has 102 valence electrons. The number of non-ortho nitro benzene ring substituents is 1. The van der Waals surface area contributed by atoms with Gasteiger partial charge in [0.15, 0.2) is 0 Å². The van der Waals surface area contributed by atoms with Crippen LogP contribution >= 0.6 is 0 Å². The minimum atomic E-state index is -0.410. The second kappa shape index (κ2) is 5.97. The molecule has 5 heteroatoms. The third-order valence-electron chi connectivity index (χ3n) is 2.93. The smallest absolute Gasteiger partial charge is 0.268 e. The summed E-state index contributed by atoms with van der Waals surface area (Å²) in [6.07, 6.45) is 0. The molecule has 0 aromatic heterocycles. The van der Waals surface area contributed by atoms with Crippen LogP contribution in [0, 0.1) is 10.1 Å². The van der Waals surface area contributed by atoms with Crippen LogP contribution < -0.4 is 5.01 Å². The zero-order valence-electron chi connectivity index (χ0n) is 11.4. The Hall–Kier alpha value is -2.69. The molecule has 0 aliphatic carbocycles. The van der Waals surface area contributed by atoms with Gasteiger partial charge in [-0.15, -0.1) is 0 Å². The van der Waals surface area contributed by atoms with Gasteiger partial charge in [0.2, 0.25) is 0 Å². The Kier molecular flexibility index (Phi) is 4.10. The van der Waals surface area contributed by atoms with Crippen molar-refractivity contribution in [3.05, 3.63) is 70.3 Å². The van der Waals surface area contributed by atoms with Crippen molar-refractivity contribution in [2.24, 2.45) is 5.10 Å². The average molecular weight is 269 g/mol. The fourth-order valence-electron chi connectivity index (χ4n) is 1.81.